The molecule has 0 atom stereocenters. The summed E-state index contributed by atoms with van der Waals surface area (Å²) in [5.41, 5.74) is 10.9. The van der Waals surface area contributed by atoms with E-state index in [1.165, 1.54) is 7.11 Å². The van der Waals surface area contributed by atoms with E-state index in [9.17, 15) is 9.59 Å². The zero-order chi connectivity index (χ0) is 28.4. The zero-order valence-electron chi connectivity index (χ0n) is 22.1. The second-order valence-corrected chi connectivity index (χ2v) is 9.42. The summed E-state index contributed by atoms with van der Waals surface area (Å²) >= 11 is 6.35. The number of nitrogens with zero attached hydrogens (tertiary/aromatic N) is 2. The van der Waals surface area contributed by atoms with Gasteiger partial charge in [0.2, 0.25) is 6.79 Å². The summed E-state index contributed by atoms with van der Waals surface area (Å²) in [5.74, 6) is 0.672. The lowest BCUT2D eigenvalue weighted by molar-refractivity contribution is 0.0992. The van der Waals surface area contributed by atoms with Crippen LogP contribution in [0.15, 0.2) is 54.6 Å². The van der Waals surface area contributed by atoms with Crippen LogP contribution in [-0.4, -0.2) is 49.7 Å². The minimum atomic E-state index is -0.601. The number of amides is 2. The van der Waals surface area contributed by atoms with E-state index in [0.29, 0.717) is 47.0 Å². The quantitative estimate of drug-likeness (QED) is 0.363. The highest BCUT2D eigenvalue weighted by atomic mass is 35.5. The zero-order valence-corrected chi connectivity index (χ0v) is 22.9. The first kappa shape index (κ1) is 27.0. The molecule has 206 valence electrons. The Balaban J connectivity index is 0.00000103. The number of rotatable bonds is 5. The number of ether oxygens (including phenoxy) is 4. The SMILES string of the molecule is COC.COc1cccc(C(=O)Nc2ccc3c(c2)-c2c(c(C(N)=O)nn2-c2ccc4c(c2)OCO4)CC3)c1Cl. The van der Waals surface area contributed by atoms with Crippen LogP contribution in [0.1, 0.15) is 32.0 Å². The van der Waals surface area contributed by atoms with Crippen molar-refractivity contribution in [2.45, 2.75) is 12.8 Å². The summed E-state index contributed by atoms with van der Waals surface area (Å²) in [5, 5.41) is 7.73. The molecule has 0 radical (unpaired) electrons. The maximum Gasteiger partial charge on any atom is 0.269 e. The molecule has 2 heterocycles. The molecular formula is C29H27ClN4O6. The summed E-state index contributed by atoms with van der Waals surface area (Å²) in [6.07, 6.45) is 1.31. The van der Waals surface area contributed by atoms with E-state index in [-0.39, 0.29) is 23.4 Å². The molecule has 0 fully saturated rings. The molecule has 0 spiro atoms. The molecule has 40 heavy (non-hydrogen) atoms. The summed E-state index contributed by atoms with van der Waals surface area (Å²) in [4.78, 5) is 25.3. The third-order valence-electron chi connectivity index (χ3n) is 6.51. The number of fused-ring (bicyclic) bond motifs is 4. The lowest BCUT2D eigenvalue weighted by Gasteiger charge is -2.20. The van der Waals surface area contributed by atoms with E-state index in [2.05, 4.69) is 15.2 Å². The van der Waals surface area contributed by atoms with Gasteiger partial charge in [0.25, 0.3) is 11.8 Å². The molecule has 1 aromatic heterocycles. The number of carbonyl (C=O) groups is 2. The van der Waals surface area contributed by atoms with Crippen molar-refractivity contribution in [1.82, 2.24) is 9.78 Å². The number of nitrogens with two attached hydrogens (primary N) is 1. The average Bonchev–Trinajstić information content (AvgIpc) is 3.58. The van der Waals surface area contributed by atoms with Crippen LogP contribution in [0.3, 0.4) is 0 Å². The number of hydrogen-bond donors (Lipinski definition) is 2. The number of hydrogen-bond acceptors (Lipinski definition) is 7. The summed E-state index contributed by atoms with van der Waals surface area (Å²) in [6, 6.07) is 16.1. The number of aryl methyl sites for hydroxylation is 1. The number of aromatic nitrogens is 2. The van der Waals surface area contributed by atoms with E-state index in [1.807, 2.05) is 30.3 Å². The topological polar surface area (TPSA) is 127 Å². The number of benzene rings is 3. The number of primary amides is 1. The minimum Gasteiger partial charge on any atom is -0.495 e. The van der Waals surface area contributed by atoms with E-state index >= 15 is 0 Å². The summed E-state index contributed by atoms with van der Waals surface area (Å²) in [7, 11) is 4.74. The van der Waals surface area contributed by atoms with Crippen LogP contribution in [0.2, 0.25) is 5.02 Å². The second-order valence-electron chi connectivity index (χ2n) is 9.05. The summed E-state index contributed by atoms with van der Waals surface area (Å²) in [6.45, 7) is 0.145. The Morgan fingerprint density at radius 2 is 1.80 bits per heavy atom. The smallest absolute Gasteiger partial charge is 0.269 e. The molecule has 2 amide bonds. The maximum atomic E-state index is 13.1. The van der Waals surface area contributed by atoms with Crippen LogP contribution in [0.25, 0.3) is 16.9 Å². The van der Waals surface area contributed by atoms with Crippen LogP contribution in [0, 0.1) is 0 Å². The highest BCUT2D eigenvalue weighted by molar-refractivity contribution is 6.35. The van der Waals surface area contributed by atoms with Gasteiger partial charge in [-0.15, -0.1) is 0 Å². The second kappa shape index (κ2) is 11.3. The van der Waals surface area contributed by atoms with Crippen molar-refractivity contribution in [2.75, 3.05) is 33.4 Å². The van der Waals surface area contributed by atoms with Crippen molar-refractivity contribution in [1.29, 1.82) is 0 Å². The van der Waals surface area contributed by atoms with E-state index in [0.717, 1.165) is 22.4 Å². The number of anilines is 1. The number of carbonyl (C=O) groups excluding carboxylic acids is 2. The fourth-order valence-electron chi connectivity index (χ4n) is 4.76. The highest BCUT2D eigenvalue weighted by Gasteiger charge is 2.29. The lowest BCUT2D eigenvalue weighted by atomic mass is 9.88. The first-order chi connectivity index (χ1) is 19.4. The summed E-state index contributed by atoms with van der Waals surface area (Å²) < 4.78 is 22.1. The molecule has 6 rings (SSSR count). The van der Waals surface area contributed by atoms with Gasteiger partial charge in [-0.3, -0.25) is 9.59 Å². The average molecular weight is 563 g/mol. The van der Waals surface area contributed by atoms with Crippen LogP contribution in [-0.2, 0) is 17.6 Å². The first-order valence-corrected chi connectivity index (χ1v) is 12.7. The van der Waals surface area contributed by atoms with Crippen molar-refractivity contribution in [3.05, 3.63) is 82.0 Å². The van der Waals surface area contributed by atoms with Gasteiger partial charge >= 0.3 is 0 Å². The van der Waals surface area contributed by atoms with Crippen LogP contribution in [0.4, 0.5) is 5.69 Å². The first-order valence-electron chi connectivity index (χ1n) is 12.3. The van der Waals surface area contributed by atoms with E-state index in [1.54, 1.807) is 43.2 Å². The fraction of sp³-hybridized carbons (Fsp3) is 0.207. The normalized spacial score (nSPS) is 12.5. The van der Waals surface area contributed by atoms with Crippen molar-refractivity contribution in [3.8, 4) is 34.2 Å². The van der Waals surface area contributed by atoms with Gasteiger partial charge in [-0.2, -0.15) is 5.10 Å². The highest BCUT2D eigenvalue weighted by Crippen LogP contribution is 2.40. The van der Waals surface area contributed by atoms with Gasteiger partial charge in [-0.1, -0.05) is 23.7 Å². The van der Waals surface area contributed by atoms with Crippen molar-refractivity contribution < 1.29 is 28.5 Å². The van der Waals surface area contributed by atoms with Gasteiger partial charge in [-0.25, -0.2) is 4.68 Å². The van der Waals surface area contributed by atoms with Gasteiger partial charge in [0, 0.05) is 37.1 Å². The predicted octanol–water partition coefficient (Wildman–Crippen LogP) is 4.64. The molecule has 10 nitrogen and oxygen atoms in total. The Morgan fingerprint density at radius 3 is 2.55 bits per heavy atom. The molecule has 2 aliphatic rings. The Kier molecular flexibility index (Phi) is 7.63. The van der Waals surface area contributed by atoms with Crippen LogP contribution >= 0.6 is 11.6 Å². The molecule has 11 heteroatoms. The third kappa shape index (κ3) is 4.94. The van der Waals surface area contributed by atoms with Crippen molar-refractivity contribution in [2.24, 2.45) is 5.73 Å². The molecule has 0 unspecified atom stereocenters. The van der Waals surface area contributed by atoms with Gasteiger partial charge in [-0.05, 0) is 54.8 Å². The number of nitrogens with one attached hydrogen (secondary N) is 1. The fourth-order valence-corrected chi connectivity index (χ4v) is 5.05. The molecule has 0 bridgehead atoms. The molecule has 1 aliphatic heterocycles. The lowest BCUT2D eigenvalue weighted by Crippen LogP contribution is -2.16. The molecule has 3 N–H and O–H groups in total. The van der Waals surface area contributed by atoms with E-state index < -0.39 is 5.91 Å². The van der Waals surface area contributed by atoms with Crippen molar-refractivity contribution >= 4 is 29.1 Å². The molecule has 0 saturated heterocycles. The molecule has 1 aliphatic carbocycles. The molecule has 0 saturated carbocycles. The van der Waals surface area contributed by atoms with E-state index in [4.69, 9.17) is 31.5 Å². The van der Waals surface area contributed by atoms with Gasteiger partial charge in [0.05, 0.1) is 29.1 Å². The van der Waals surface area contributed by atoms with Crippen LogP contribution in [0.5, 0.6) is 17.2 Å². The Hall–Kier alpha value is -4.54. The largest absolute Gasteiger partial charge is 0.495 e. The predicted molar refractivity (Wildman–Crippen MR) is 150 cm³/mol. The maximum absolute atomic E-state index is 13.1. The molecule has 3 aromatic carbocycles. The number of halogens is 1. The van der Waals surface area contributed by atoms with Gasteiger partial charge in [0.1, 0.15) is 5.75 Å². The molecule has 4 aromatic rings. The number of methoxy groups -OCH3 is 2. The van der Waals surface area contributed by atoms with Crippen LogP contribution < -0.4 is 25.3 Å². The Bertz CT molecular complexity index is 1620. The Morgan fingerprint density at radius 1 is 1.02 bits per heavy atom. The third-order valence-corrected chi connectivity index (χ3v) is 6.90. The molecular weight excluding hydrogens is 536 g/mol. The minimum absolute atomic E-state index is 0.145. The Labute approximate surface area is 235 Å². The van der Waals surface area contributed by atoms with Gasteiger partial charge < -0.3 is 30.0 Å². The standard InChI is InChI=1S/C27H21ClN4O5.C2H6O/c1-35-21-4-2-3-17(23(21)28)27(34)30-15-7-5-14-6-9-18-24(26(29)33)31-32(25(18)19(14)11-15)16-8-10-20-22(12-16)37-13-36-20;1-3-2/h2-5,7-8,10-12H,6,9,13H2,1H3,(H2,29,33)(H,30,34);1-2H3. The van der Waals surface area contributed by atoms with Gasteiger partial charge in [0.15, 0.2) is 17.2 Å². The van der Waals surface area contributed by atoms with Crippen molar-refractivity contribution in [3.63, 3.8) is 0 Å². The monoisotopic (exact) mass is 562 g/mol.